The van der Waals surface area contributed by atoms with E-state index in [4.69, 9.17) is 18.9 Å². The number of carbonyl (C=O) groups is 3. The summed E-state index contributed by atoms with van der Waals surface area (Å²) in [5, 5.41) is 9.72. The van der Waals surface area contributed by atoms with E-state index in [0.29, 0.717) is 23.9 Å². The zero-order valence-corrected chi connectivity index (χ0v) is 51.4. The second kappa shape index (κ2) is 60.5. The molecule has 0 heterocycles. The van der Waals surface area contributed by atoms with Gasteiger partial charge in [0.05, 0.1) is 34.4 Å². The highest BCUT2D eigenvalue weighted by molar-refractivity contribution is 5.71. The summed E-state index contributed by atoms with van der Waals surface area (Å²) in [6, 6.07) is 0. The lowest BCUT2D eigenvalue weighted by Gasteiger charge is -2.25. The lowest BCUT2D eigenvalue weighted by atomic mass is 10.1. The van der Waals surface area contributed by atoms with E-state index < -0.39 is 24.3 Å². The second-order valence-corrected chi connectivity index (χ2v) is 20.9. The van der Waals surface area contributed by atoms with Crippen molar-refractivity contribution < 1.29 is 42.9 Å². The molecule has 0 aromatic heterocycles. The molecule has 452 valence electrons. The standard InChI is InChI=1S/C72H111NO8/c1-6-8-10-12-14-16-18-20-22-24-26-28-30-32-34-35-37-39-41-43-45-47-49-51-53-55-57-59-61-63-70(75)81-68(67-80-72(71(76)77)78-65-64-73(3,4)5)66-79-69(74)62-60-58-56-54-52-50-48-46-44-42-40-38-36-33-31-29-27-25-23-21-19-17-15-13-11-9-7-2/h8-11,14-17,20-23,26-29,32-34,36-37,39-40,42-43,45-46,48-49,51,68,72H,6-7,12-13,18-19,24-25,30-31,35,38,41,44,47,50,52-67H2,1-5H3/p+1/b10-8-,11-9-,16-14-,17-15-,22-20-,23-21-,28-26-,29-27-,34-32-,36-33-,39-37-,42-40-,45-43-,48-46-,51-49-. The monoisotopic (exact) mass is 1120 g/mol. The number of rotatable bonds is 54. The van der Waals surface area contributed by atoms with Crippen molar-refractivity contribution in [3.05, 3.63) is 182 Å². The highest BCUT2D eigenvalue weighted by Crippen LogP contribution is 2.12. The number of allylic oxidation sites excluding steroid dienone is 30. The van der Waals surface area contributed by atoms with Crippen molar-refractivity contribution in [3.63, 3.8) is 0 Å². The molecule has 0 saturated carbocycles. The molecule has 2 unspecified atom stereocenters. The SMILES string of the molecule is CC/C=C\C/C=C\C/C=C\C/C=C\C/C=C\C/C=C\C/C=C\C/C=C\CCCCCCC(=O)OC(COC(=O)CCCCCCC/C=C\C/C=C\C/C=C\C/C=C\C/C=C\C/C=C\C/C=C\CC)COC(OCC[N+](C)(C)C)C(=O)O. The largest absolute Gasteiger partial charge is 0.477 e. The molecule has 0 radical (unpaired) electrons. The number of carboxylic acid groups (broad SMARTS) is 1. The summed E-state index contributed by atoms with van der Waals surface area (Å²) in [7, 11) is 5.94. The Labute approximate surface area is 494 Å². The van der Waals surface area contributed by atoms with Crippen LogP contribution in [0.1, 0.15) is 194 Å². The maximum absolute atomic E-state index is 12.9. The third-order valence-corrected chi connectivity index (χ3v) is 12.2. The molecule has 0 aromatic rings. The highest BCUT2D eigenvalue weighted by Gasteiger charge is 2.25. The van der Waals surface area contributed by atoms with Crippen molar-refractivity contribution in [2.45, 2.75) is 206 Å². The molecular formula is C72H112NO8+. The molecule has 0 aliphatic heterocycles. The molecule has 0 aliphatic rings. The van der Waals surface area contributed by atoms with Gasteiger partial charge in [0.15, 0.2) is 6.10 Å². The van der Waals surface area contributed by atoms with Crippen LogP contribution in [0.25, 0.3) is 0 Å². The van der Waals surface area contributed by atoms with Crippen LogP contribution in [-0.2, 0) is 33.3 Å². The van der Waals surface area contributed by atoms with Gasteiger partial charge in [0.25, 0.3) is 6.29 Å². The van der Waals surface area contributed by atoms with Crippen molar-refractivity contribution in [3.8, 4) is 0 Å². The van der Waals surface area contributed by atoms with Gasteiger partial charge in [0.2, 0.25) is 0 Å². The fourth-order valence-electron chi connectivity index (χ4n) is 7.48. The zero-order valence-electron chi connectivity index (χ0n) is 51.4. The highest BCUT2D eigenvalue weighted by atomic mass is 16.7. The molecule has 0 saturated heterocycles. The Kier molecular flexibility index (Phi) is 56.3. The van der Waals surface area contributed by atoms with E-state index in [1.807, 2.05) is 21.1 Å². The Hall–Kier alpha value is -5.61. The second-order valence-electron chi connectivity index (χ2n) is 20.9. The molecule has 0 amide bonds. The topological polar surface area (TPSA) is 108 Å². The van der Waals surface area contributed by atoms with Crippen LogP contribution in [0.4, 0.5) is 0 Å². The maximum Gasteiger partial charge on any atom is 0.361 e. The molecule has 0 rings (SSSR count). The molecule has 81 heavy (non-hydrogen) atoms. The van der Waals surface area contributed by atoms with Gasteiger partial charge >= 0.3 is 17.9 Å². The summed E-state index contributed by atoms with van der Waals surface area (Å²) in [6.07, 6.45) is 89.7. The van der Waals surface area contributed by atoms with E-state index in [0.717, 1.165) is 154 Å². The van der Waals surface area contributed by atoms with Crippen LogP contribution in [-0.4, -0.2) is 87.4 Å². The van der Waals surface area contributed by atoms with Gasteiger partial charge in [-0.1, -0.05) is 228 Å². The number of esters is 2. The van der Waals surface area contributed by atoms with E-state index in [1.165, 1.54) is 0 Å². The van der Waals surface area contributed by atoms with Crippen molar-refractivity contribution >= 4 is 17.9 Å². The van der Waals surface area contributed by atoms with Crippen LogP contribution in [0.5, 0.6) is 0 Å². The fraction of sp³-hybridized carbons (Fsp3) is 0.542. The van der Waals surface area contributed by atoms with Crippen LogP contribution in [0.3, 0.4) is 0 Å². The average Bonchev–Trinajstić information content (AvgIpc) is 3.44. The number of ether oxygens (including phenoxy) is 4. The van der Waals surface area contributed by atoms with E-state index in [-0.39, 0.29) is 38.6 Å². The zero-order chi connectivity index (χ0) is 59.1. The number of quaternary nitrogens is 1. The molecule has 2 atom stereocenters. The summed E-state index contributed by atoms with van der Waals surface area (Å²) < 4.78 is 22.8. The van der Waals surface area contributed by atoms with Crippen molar-refractivity contribution in [2.75, 3.05) is 47.5 Å². The smallest absolute Gasteiger partial charge is 0.361 e. The van der Waals surface area contributed by atoms with E-state index >= 15 is 0 Å². The van der Waals surface area contributed by atoms with Gasteiger partial charge in [-0.25, -0.2) is 4.79 Å². The maximum atomic E-state index is 12.9. The van der Waals surface area contributed by atoms with E-state index in [1.54, 1.807) is 0 Å². The first-order chi connectivity index (χ1) is 39.6. The average molecular weight is 1120 g/mol. The number of carboxylic acids is 1. The Morgan fingerprint density at radius 3 is 0.988 bits per heavy atom. The van der Waals surface area contributed by atoms with Gasteiger partial charge in [0.1, 0.15) is 13.2 Å². The molecule has 0 aliphatic carbocycles. The Balaban J connectivity index is 4.39. The Morgan fingerprint density at radius 1 is 0.370 bits per heavy atom. The third kappa shape index (κ3) is 61.9. The number of nitrogens with zero attached hydrogens (tertiary/aromatic N) is 1. The van der Waals surface area contributed by atoms with Crippen molar-refractivity contribution in [1.29, 1.82) is 0 Å². The summed E-state index contributed by atoms with van der Waals surface area (Å²) in [5.74, 6) is -2.09. The molecule has 0 fully saturated rings. The normalized spacial score (nSPS) is 14.0. The summed E-state index contributed by atoms with van der Waals surface area (Å²) in [6.45, 7) is 4.56. The van der Waals surface area contributed by atoms with Crippen LogP contribution >= 0.6 is 0 Å². The summed E-state index contributed by atoms with van der Waals surface area (Å²) in [5.41, 5.74) is 0. The van der Waals surface area contributed by atoms with Crippen LogP contribution in [0.2, 0.25) is 0 Å². The van der Waals surface area contributed by atoms with Crippen LogP contribution < -0.4 is 0 Å². The minimum atomic E-state index is -1.54. The van der Waals surface area contributed by atoms with Crippen molar-refractivity contribution in [1.82, 2.24) is 0 Å². The number of hydrogen-bond donors (Lipinski definition) is 1. The quantitative estimate of drug-likeness (QED) is 0.0211. The number of carbonyl (C=O) groups excluding carboxylic acids is 2. The Bertz CT molecular complexity index is 1980. The number of unbranched alkanes of at least 4 members (excludes halogenated alkanes) is 9. The molecule has 9 heteroatoms. The van der Waals surface area contributed by atoms with Gasteiger partial charge < -0.3 is 28.5 Å². The van der Waals surface area contributed by atoms with Crippen molar-refractivity contribution in [2.24, 2.45) is 0 Å². The van der Waals surface area contributed by atoms with Crippen LogP contribution in [0.15, 0.2) is 182 Å². The molecule has 0 aromatic carbocycles. The molecule has 0 bridgehead atoms. The third-order valence-electron chi connectivity index (χ3n) is 12.2. The van der Waals surface area contributed by atoms with Gasteiger partial charge in [-0.2, -0.15) is 0 Å². The number of aliphatic carboxylic acids is 1. The summed E-state index contributed by atoms with van der Waals surface area (Å²) >= 11 is 0. The van der Waals surface area contributed by atoms with E-state index in [9.17, 15) is 19.5 Å². The van der Waals surface area contributed by atoms with Gasteiger partial charge in [-0.3, -0.25) is 9.59 Å². The number of hydrogen-bond acceptors (Lipinski definition) is 7. The first kappa shape index (κ1) is 75.4. The molecule has 9 nitrogen and oxygen atoms in total. The lowest BCUT2D eigenvalue weighted by molar-refractivity contribution is -0.870. The molecular weight excluding hydrogens is 1010 g/mol. The van der Waals surface area contributed by atoms with Gasteiger partial charge in [-0.05, 0) is 135 Å². The lowest BCUT2D eigenvalue weighted by Crippen LogP contribution is -2.40. The van der Waals surface area contributed by atoms with E-state index in [2.05, 4.69) is 196 Å². The number of likely N-dealkylation sites (N-methyl/N-ethyl adjacent to an activating group) is 1. The first-order valence-corrected chi connectivity index (χ1v) is 30.9. The molecule has 1 N–H and O–H groups in total. The minimum Gasteiger partial charge on any atom is -0.477 e. The first-order valence-electron chi connectivity index (χ1n) is 30.9. The summed E-state index contributed by atoms with van der Waals surface area (Å²) in [4.78, 5) is 37.5. The predicted octanol–water partition coefficient (Wildman–Crippen LogP) is 18.9. The predicted molar refractivity (Wildman–Crippen MR) is 345 cm³/mol. The van der Waals surface area contributed by atoms with Gasteiger partial charge in [0, 0.05) is 12.8 Å². The molecule has 0 spiro atoms. The van der Waals surface area contributed by atoms with Crippen LogP contribution in [0, 0.1) is 0 Å². The minimum absolute atomic E-state index is 0.167. The fourth-order valence-corrected chi connectivity index (χ4v) is 7.48. The van der Waals surface area contributed by atoms with Gasteiger partial charge in [-0.15, -0.1) is 0 Å². The Morgan fingerprint density at radius 2 is 0.667 bits per heavy atom.